The zero-order valence-corrected chi connectivity index (χ0v) is 12.6. The second-order valence-corrected chi connectivity index (χ2v) is 5.70. The monoisotopic (exact) mass is 293 g/mol. The molecule has 0 aliphatic carbocycles. The minimum Gasteiger partial charge on any atom is -0.310 e. The lowest BCUT2D eigenvalue weighted by Crippen LogP contribution is -2.21. The Morgan fingerprint density at radius 3 is 2.26 bits per heavy atom. The Morgan fingerprint density at radius 2 is 1.68 bits per heavy atom. The molecule has 2 aromatic rings. The van der Waals surface area contributed by atoms with E-state index in [2.05, 4.69) is 31.3 Å². The molecule has 0 unspecified atom stereocenters. The van der Waals surface area contributed by atoms with E-state index in [1.165, 1.54) is 5.56 Å². The summed E-state index contributed by atoms with van der Waals surface area (Å²) < 4.78 is 0. The Morgan fingerprint density at radius 1 is 1.00 bits per heavy atom. The molecule has 19 heavy (non-hydrogen) atoms. The maximum atomic E-state index is 6.36. The molecule has 3 heteroatoms. The van der Waals surface area contributed by atoms with Crippen LogP contribution in [-0.2, 0) is 6.54 Å². The lowest BCUT2D eigenvalue weighted by Gasteiger charge is -2.10. The molecule has 0 aliphatic heterocycles. The molecule has 0 atom stereocenters. The normalized spacial score (nSPS) is 11.0. The van der Waals surface area contributed by atoms with Crippen LogP contribution in [0.2, 0.25) is 10.0 Å². The molecular formula is C16H17Cl2N. The number of halogens is 2. The zero-order chi connectivity index (χ0) is 13.8. The van der Waals surface area contributed by atoms with Crippen LogP contribution in [0.1, 0.15) is 19.4 Å². The average molecular weight is 294 g/mol. The molecule has 0 amide bonds. The first-order chi connectivity index (χ1) is 9.06. The highest BCUT2D eigenvalue weighted by Gasteiger charge is 2.05. The van der Waals surface area contributed by atoms with Gasteiger partial charge in [-0.3, -0.25) is 0 Å². The van der Waals surface area contributed by atoms with E-state index in [0.29, 0.717) is 6.04 Å². The summed E-state index contributed by atoms with van der Waals surface area (Å²) in [6.45, 7) is 5.09. The van der Waals surface area contributed by atoms with Crippen LogP contribution in [0.5, 0.6) is 0 Å². The summed E-state index contributed by atoms with van der Waals surface area (Å²) in [6.07, 6.45) is 0. The fourth-order valence-corrected chi connectivity index (χ4v) is 2.29. The summed E-state index contributed by atoms with van der Waals surface area (Å²) in [7, 11) is 0. The summed E-state index contributed by atoms with van der Waals surface area (Å²) in [5.41, 5.74) is 3.31. The van der Waals surface area contributed by atoms with Gasteiger partial charge in [0.15, 0.2) is 0 Å². The van der Waals surface area contributed by atoms with Crippen LogP contribution < -0.4 is 5.32 Å². The third kappa shape index (κ3) is 3.97. The van der Waals surface area contributed by atoms with E-state index < -0.39 is 0 Å². The first-order valence-corrected chi connectivity index (χ1v) is 7.09. The summed E-state index contributed by atoms with van der Waals surface area (Å²) in [5, 5.41) is 4.88. The molecule has 0 radical (unpaired) electrons. The molecular weight excluding hydrogens is 277 g/mol. The van der Waals surface area contributed by atoms with Gasteiger partial charge in [0.05, 0.1) is 0 Å². The lowest BCUT2D eigenvalue weighted by molar-refractivity contribution is 0.589. The van der Waals surface area contributed by atoms with Crippen molar-refractivity contribution >= 4 is 23.2 Å². The summed E-state index contributed by atoms with van der Waals surface area (Å²) in [6, 6.07) is 14.4. The SMILES string of the molecule is CC(C)NCc1ccc(-c2ccc(Cl)cc2)c(Cl)c1. The highest BCUT2D eigenvalue weighted by molar-refractivity contribution is 6.33. The van der Waals surface area contributed by atoms with E-state index >= 15 is 0 Å². The van der Waals surface area contributed by atoms with E-state index in [0.717, 1.165) is 27.7 Å². The standard InChI is InChI=1S/C16H17Cl2N/c1-11(2)19-10-12-3-8-15(16(18)9-12)13-4-6-14(17)7-5-13/h3-9,11,19H,10H2,1-2H3. The van der Waals surface area contributed by atoms with Gasteiger partial charge in [0.1, 0.15) is 0 Å². The Balaban J connectivity index is 2.21. The fourth-order valence-electron chi connectivity index (χ4n) is 1.85. The minimum atomic E-state index is 0.467. The molecule has 100 valence electrons. The average Bonchev–Trinajstić information content (AvgIpc) is 2.38. The Bertz CT molecular complexity index is 547. The zero-order valence-electron chi connectivity index (χ0n) is 11.1. The predicted octanol–water partition coefficient (Wildman–Crippen LogP) is 5.16. The summed E-state index contributed by atoms with van der Waals surface area (Å²) in [5.74, 6) is 0. The third-order valence-electron chi connectivity index (χ3n) is 2.90. The highest BCUT2D eigenvalue weighted by Crippen LogP contribution is 2.29. The smallest absolute Gasteiger partial charge is 0.0487 e. The van der Waals surface area contributed by atoms with Crippen molar-refractivity contribution in [1.82, 2.24) is 5.32 Å². The van der Waals surface area contributed by atoms with Gasteiger partial charge < -0.3 is 5.32 Å². The molecule has 2 rings (SSSR count). The van der Waals surface area contributed by atoms with Gasteiger partial charge in [-0.2, -0.15) is 0 Å². The van der Waals surface area contributed by atoms with Crippen molar-refractivity contribution in [1.29, 1.82) is 0 Å². The second-order valence-electron chi connectivity index (χ2n) is 4.86. The quantitative estimate of drug-likeness (QED) is 0.821. The summed E-state index contributed by atoms with van der Waals surface area (Å²) >= 11 is 12.3. The molecule has 0 saturated heterocycles. The van der Waals surface area contributed by atoms with Crippen molar-refractivity contribution < 1.29 is 0 Å². The van der Waals surface area contributed by atoms with Crippen molar-refractivity contribution in [2.24, 2.45) is 0 Å². The Labute approximate surface area is 124 Å². The predicted molar refractivity (Wildman–Crippen MR) is 83.9 cm³/mol. The van der Waals surface area contributed by atoms with E-state index in [1.54, 1.807) is 0 Å². The highest BCUT2D eigenvalue weighted by atomic mass is 35.5. The number of nitrogens with one attached hydrogen (secondary N) is 1. The number of rotatable bonds is 4. The van der Waals surface area contributed by atoms with Crippen LogP contribution in [0.3, 0.4) is 0 Å². The molecule has 0 aromatic heterocycles. The minimum absolute atomic E-state index is 0.467. The third-order valence-corrected chi connectivity index (χ3v) is 3.47. The molecule has 1 nitrogen and oxygen atoms in total. The largest absolute Gasteiger partial charge is 0.310 e. The lowest BCUT2D eigenvalue weighted by atomic mass is 10.0. The Hall–Kier alpha value is -1.02. The van der Waals surface area contributed by atoms with Crippen LogP contribution in [0.25, 0.3) is 11.1 Å². The Kier molecular flexibility index (Phi) is 4.87. The van der Waals surface area contributed by atoms with Crippen molar-refractivity contribution in [3.63, 3.8) is 0 Å². The first kappa shape index (κ1) is 14.4. The van der Waals surface area contributed by atoms with Crippen LogP contribution in [0, 0.1) is 0 Å². The molecule has 0 saturated carbocycles. The number of hydrogen-bond acceptors (Lipinski definition) is 1. The van der Waals surface area contributed by atoms with Crippen molar-refractivity contribution in [2.45, 2.75) is 26.4 Å². The van der Waals surface area contributed by atoms with Crippen LogP contribution in [0.4, 0.5) is 0 Å². The van der Waals surface area contributed by atoms with Crippen molar-refractivity contribution in [3.05, 3.63) is 58.1 Å². The summed E-state index contributed by atoms with van der Waals surface area (Å²) in [4.78, 5) is 0. The number of benzene rings is 2. The van der Waals surface area contributed by atoms with Crippen LogP contribution in [0.15, 0.2) is 42.5 Å². The van der Waals surface area contributed by atoms with Gasteiger partial charge in [0, 0.05) is 28.2 Å². The molecule has 2 aromatic carbocycles. The van der Waals surface area contributed by atoms with Gasteiger partial charge in [-0.25, -0.2) is 0 Å². The molecule has 1 N–H and O–H groups in total. The topological polar surface area (TPSA) is 12.0 Å². The molecule has 0 aliphatic rings. The van der Waals surface area contributed by atoms with Gasteiger partial charge in [-0.15, -0.1) is 0 Å². The van der Waals surface area contributed by atoms with E-state index in [9.17, 15) is 0 Å². The maximum Gasteiger partial charge on any atom is 0.0487 e. The van der Waals surface area contributed by atoms with Crippen molar-refractivity contribution in [3.8, 4) is 11.1 Å². The molecule has 0 bridgehead atoms. The van der Waals surface area contributed by atoms with Gasteiger partial charge in [-0.1, -0.05) is 61.3 Å². The van der Waals surface area contributed by atoms with Crippen molar-refractivity contribution in [2.75, 3.05) is 0 Å². The van der Waals surface area contributed by atoms with E-state index in [4.69, 9.17) is 23.2 Å². The first-order valence-electron chi connectivity index (χ1n) is 6.34. The molecule has 0 heterocycles. The number of hydrogen-bond donors (Lipinski definition) is 1. The van der Waals surface area contributed by atoms with Gasteiger partial charge >= 0.3 is 0 Å². The van der Waals surface area contributed by atoms with Gasteiger partial charge in [0.2, 0.25) is 0 Å². The van der Waals surface area contributed by atoms with Crippen LogP contribution >= 0.6 is 23.2 Å². The van der Waals surface area contributed by atoms with E-state index in [1.807, 2.05) is 30.3 Å². The fraction of sp³-hybridized carbons (Fsp3) is 0.250. The van der Waals surface area contributed by atoms with Gasteiger partial charge in [0.25, 0.3) is 0 Å². The van der Waals surface area contributed by atoms with Gasteiger partial charge in [-0.05, 0) is 29.3 Å². The maximum absolute atomic E-state index is 6.36. The second kappa shape index (κ2) is 6.42. The van der Waals surface area contributed by atoms with Crippen LogP contribution in [-0.4, -0.2) is 6.04 Å². The molecule has 0 spiro atoms. The van der Waals surface area contributed by atoms with E-state index in [-0.39, 0.29) is 0 Å². The molecule has 0 fully saturated rings.